The number of ether oxygens (including phenoxy) is 5. The number of fused-ring (bicyclic) bond motifs is 1. The van der Waals surface area contributed by atoms with Gasteiger partial charge >= 0.3 is 0 Å². The van der Waals surface area contributed by atoms with Crippen molar-refractivity contribution < 1.29 is 42.9 Å². The largest absolute Gasteiger partial charge is 0.491 e. The van der Waals surface area contributed by atoms with Crippen LogP contribution < -0.4 is 10.1 Å². The molecule has 4 amide bonds. The molecule has 1 fully saturated rings. The van der Waals surface area contributed by atoms with Crippen LogP contribution in [0.4, 0.5) is 0 Å². The van der Waals surface area contributed by atoms with Crippen LogP contribution in [0.5, 0.6) is 5.75 Å². The van der Waals surface area contributed by atoms with Gasteiger partial charge in [-0.3, -0.25) is 29.4 Å². The topological polar surface area (TPSA) is 130 Å². The molecule has 1 N–H and O–H groups in total. The van der Waals surface area contributed by atoms with Crippen molar-refractivity contribution in [1.82, 2.24) is 10.2 Å². The number of rotatable bonds is 16. The van der Waals surface area contributed by atoms with Gasteiger partial charge in [0.2, 0.25) is 11.8 Å². The van der Waals surface area contributed by atoms with Gasteiger partial charge < -0.3 is 23.7 Å². The van der Waals surface area contributed by atoms with Crippen molar-refractivity contribution in [3.05, 3.63) is 29.3 Å². The molecule has 35 heavy (non-hydrogen) atoms. The first-order valence-corrected chi connectivity index (χ1v) is 11.8. The molecule has 1 unspecified atom stereocenters. The molecule has 2 aliphatic heterocycles. The smallest absolute Gasteiger partial charge is 0.262 e. The molecule has 11 nitrogen and oxygen atoms in total. The van der Waals surface area contributed by atoms with Gasteiger partial charge in [0.25, 0.3) is 11.8 Å². The van der Waals surface area contributed by atoms with E-state index in [1.54, 1.807) is 6.07 Å². The number of nitrogens with zero attached hydrogens (tertiary/aromatic N) is 1. The van der Waals surface area contributed by atoms with Crippen LogP contribution in [0, 0.1) is 0 Å². The van der Waals surface area contributed by atoms with Crippen molar-refractivity contribution in [2.45, 2.75) is 32.2 Å². The second-order valence-electron chi connectivity index (χ2n) is 7.95. The molecule has 0 bridgehead atoms. The van der Waals surface area contributed by atoms with Gasteiger partial charge in [-0.2, -0.15) is 0 Å². The lowest BCUT2D eigenvalue weighted by Gasteiger charge is -2.27. The number of amides is 4. The first kappa shape index (κ1) is 26.7. The summed E-state index contributed by atoms with van der Waals surface area (Å²) in [5.74, 6) is -1.77. The van der Waals surface area contributed by atoms with E-state index in [1.807, 2.05) is 0 Å². The van der Waals surface area contributed by atoms with Crippen LogP contribution in [0.2, 0.25) is 0 Å². The van der Waals surface area contributed by atoms with Crippen LogP contribution in [0.15, 0.2) is 18.2 Å². The minimum atomic E-state index is -0.994. The lowest BCUT2D eigenvalue weighted by molar-refractivity contribution is -0.136. The number of hydrogen-bond donors (Lipinski definition) is 1. The second kappa shape index (κ2) is 13.9. The molecule has 0 spiro atoms. The Bertz CT molecular complexity index is 905. The molecule has 1 aromatic rings. The van der Waals surface area contributed by atoms with E-state index < -0.39 is 29.7 Å². The molecule has 0 aromatic heterocycles. The van der Waals surface area contributed by atoms with Crippen molar-refractivity contribution in [2.24, 2.45) is 0 Å². The van der Waals surface area contributed by atoms with Crippen LogP contribution in [0.25, 0.3) is 0 Å². The van der Waals surface area contributed by atoms with Gasteiger partial charge in [0, 0.05) is 13.0 Å². The number of carbonyl (C=O) groups excluding carboxylic acids is 4. The Kier molecular flexibility index (Phi) is 10.6. The zero-order chi connectivity index (χ0) is 25.0. The van der Waals surface area contributed by atoms with E-state index in [2.05, 4.69) is 12.2 Å². The highest BCUT2D eigenvalue weighted by molar-refractivity contribution is 6.23. The van der Waals surface area contributed by atoms with Crippen molar-refractivity contribution in [2.75, 3.05) is 59.5 Å². The van der Waals surface area contributed by atoms with Gasteiger partial charge in [-0.05, 0) is 31.0 Å². The first-order chi connectivity index (χ1) is 17.0. The summed E-state index contributed by atoms with van der Waals surface area (Å²) in [5, 5.41) is 2.17. The molecule has 2 aliphatic rings. The predicted octanol–water partition coefficient (Wildman–Crippen LogP) is 0.943. The molecule has 0 aliphatic carbocycles. The molecule has 3 rings (SSSR count). The Morgan fingerprint density at radius 2 is 1.37 bits per heavy atom. The fourth-order valence-corrected chi connectivity index (χ4v) is 3.66. The lowest BCUT2D eigenvalue weighted by Crippen LogP contribution is -2.54. The van der Waals surface area contributed by atoms with Crippen molar-refractivity contribution in [3.63, 3.8) is 0 Å². The predicted molar refractivity (Wildman–Crippen MR) is 122 cm³/mol. The maximum Gasteiger partial charge on any atom is 0.262 e. The summed E-state index contributed by atoms with van der Waals surface area (Å²) in [6, 6.07) is 3.59. The average Bonchev–Trinajstić information content (AvgIpc) is 3.09. The van der Waals surface area contributed by atoms with E-state index in [4.69, 9.17) is 23.7 Å². The monoisotopic (exact) mass is 492 g/mol. The summed E-state index contributed by atoms with van der Waals surface area (Å²) < 4.78 is 27.2. The maximum absolute atomic E-state index is 12.8. The van der Waals surface area contributed by atoms with Gasteiger partial charge in [0.05, 0.1) is 57.4 Å². The summed E-state index contributed by atoms with van der Waals surface area (Å²) in [5.41, 5.74) is 0.378. The zero-order valence-corrected chi connectivity index (χ0v) is 19.9. The van der Waals surface area contributed by atoms with E-state index >= 15 is 0 Å². The average molecular weight is 493 g/mol. The fraction of sp³-hybridized carbons (Fsp3) is 0.583. The second-order valence-corrected chi connectivity index (χ2v) is 7.95. The number of benzene rings is 1. The zero-order valence-electron chi connectivity index (χ0n) is 19.9. The van der Waals surface area contributed by atoms with Crippen LogP contribution in [0.1, 0.15) is 46.9 Å². The molecule has 1 aromatic carbocycles. The summed E-state index contributed by atoms with van der Waals surface area (Å²) >= 11 is 0. The van der Waals surface area contributed by atoms with Crippen molar-refractivity contribution in [1.29, 1.82) is 0 Å². The normalized spacial score (nSPS) is 17.6. The fourth-order valence-electron chi connectivity index (χ4n) is 3.66. The Morgan fingerprint density at radius 1 is 0.800 bits per heavy atom. The van der Waals surface area contributed by atoms with Crippen LogP contribution >= 0.6 is 0 Å². The standard InChI is InChI=1S/C24H32N2O9/c1-2-7-31-8-9-32-10-11-33-12-13-34-14-15-35-17-3-4-18-19(16-17)24(30)26(23(18)29)20-5-6-21(27)25-22(20)28/h3-4,16,20H,2,5-15H2,1H3,(H,25,27,28). The van der Waals surface area contributed by atoms with Crippen LogP contribution in [-0.2, 0) is 28.5 Å². The Morgan fingerprint density at radius 3 is 1.97 bits per heavy atom. The number of carbonyl (C=O) groups is 4. The third-order valence-corrected chi connectivity index (χ3v) is 5.37. The Balaban J connectivity index is 1.31. The van der Waals surface area contributed by atoms with Gasteiger partial charge in [-0.25, -0.2) is 0 Å². The highest BCUT2D eigenvalue weighted by Crippen LogP contribution is 2.30. The molecule has 0 saturated carbocycles. The third-order valence-electron chi connectivity index (χ3n) is 5.37. The van der Waals surface area contributed by atoms with Gasteiger partial charge in [-0.1, -0.05) is 6.92 Å². The summed E-state index contributed by atoms with van der Waals surface area (Å²) in [6.45, 7) is 6.32. The summed E-state index contributed by atoms with van der Waals surface area (Å²) in [4.78, 5) is 49.9. The minimum absolute atomic E-state index is 0.0749. The van der Waals surface area contributed by atoms with Gasteiger partial charge in [0.15, 0.2) is 0 Å². The molecule has 1 saturated heterocycles. The van der Waals surface area contributed by atoms with E-state index in [-0.39, 0.29) is 30.6 Å². The van der Waals surface area contributed by atoms with E-state index in [1.165, 1.54) is 12.1 Å². The van der Waals surface area contributed by atoms with Crippen molar-refractivity contribution in [3.8, 4) is 5.75 Å². The van der Waals surface area contributed by atoms with Crippen LogP contribution in [-0.4, -0.2) is 94.0 Å². The molecular weight excluding hydrogens is 460 g/mol. The molecule has 11 heteroatoms. The van der Waals surface area contributed by atoms with Crippen LogP contribution in [0.3, 0.4) is 0 Å². The van der Waals surface area contributed by atoms with Gasteiger partial charge in [0.1, 0.15) is 18.4 Å². The Labute approximate surface area is 204 Å². The van der Waals surface area contributed by atoms with Crippen molar-refractivity contribution >= 4 is 23.6 Å². The Hall–Kier alpha value is -2.86. The molecule has 0 radical (unpaired) electrons. The number of piperidine rings is 1. The number of nitrogens with one attached hydrogen (secondary N) is 1. The SMILES string of the molecule is CCCOCCOCCOCCOCCOc1ccc2c(c1)C(=O)N(C1CCC(=O)NC1=O)C2=O. The minimum Gasteiger partial charge on any atom is -0.491 e. The molecule has 192 valence electrons. The molecule has 1 atom stereocenters. The first-order valence-electron chi connectivity index (χ1n) is 11.8. The highest BCUT2D eigenvalue weighted by atomic mass is 16.6. The maximum atomic E-state index is 12.8. The number of imide groups is 2. The molecule has 2 heterocycles. The quantitative estimate of drug-likeness (QED) is 0.265. The third kappa shape index (κ3) is 7.56. The van der Waals surface area contributed by atoms with E-state index in [0.717, 1.165) is 17.9 Å². The summed E-state index contributed by atoms with van der Waals surface area (Å²) in [7, 11) is 0. The molecular formula is C24H32N2O9. The van der Waals surface area contributed by atoms with Gasteiger partial charge in [-0.15, -0.1) is 0 Å². The van der Waals surface area contributed by atoms with E-state index in [0.29, 0.717) is 52.0 Å². The number of hydrogen-bond acceptors (Lipinski definition) is 9. The lowest BCUT2D eigenvalue weighted by atomic mass is 10.0. The summed E-state index contributed by atoms with van der Waals surface area (Å²) in [6.07, 6.45) is 1.18. The highest BCUT2D eigenvalue weighted by Gasteiger charge is 2.44. The van der Waals surface area contributed by atoms with E-state index in [9.17, 15) is 19.2 Å².